The van der Waals surface area contributed by atoms with E-state index in [-0.39, 0.29) is 17.2 Å². The highest BCUT2D eigenvalue weighted by atomic mass is 35.5. The molecule has 0 unspecified atom stereocenters. The van der Waals surface area contributed by atoms with Crippen molar-refractivity contribution >= 4 is 28.1 Å². The zero-order valence-corrected chi connectivity index (χ0v) is 12.5. The number of anilines is 1. The van der Waals surface area contributed by atoms with Crippen LogP contribution in [0, 0.1) is 22.7 Å². The average Bonchev–Trinajstić information content (AvgIpc) is 2.69. The van der Waals surface area contributed by atoms with Gasteiger partial charge in [-0.05, 0) is 42.1 Å². The quantitative estimate of drug-likeness (QED) is 0.846. The molecule has 1 atom stereocenters. The number of hydrogen-bond donors (Lipinski definition) is 2. The number of nitrogens with zero attached hydrogens (tertiary/aromatic N) is 2. The molecule has 19 heavy (non-hydrogen) atoms. The van der Waals surface area contributed by atoms with Gasteiger partial charge in [0, 0.05) is 13.2 Å². The highest BCUT2D eigenvalue weighted by Gasteiger charge is 2.41. The standard InChI is InChI=1S/C13H18ClN3OS/c1-9(3-6-18)13(4-2-5-13)8-16-12-10(7-15)11(14)17-19-12/h9,16,18H,2-6,8H2,1H3/t9-/m0/s1. The van der Waals surface area contributed by atoms with Gasteiger partial charge in [-0.15, -0.1) is 0 Å². The van der Waals surface area contributed by atoms with Gasteiger partial charge in [-0.3, -0.25) is 0 Å². The molecule has 1 aromatic heterocycles. The van der Waals surface area contributed by atoms with Gasteiger partial charge in [-0.25, -0.2) is 0 Å². The molecule has 0 spiro atoms. The normalized spacial score (nSPS) is 18.4. The van der Waals surface area contributed by atoms with E-state index in [1.165, 1.54) is 30.8 Å². The van der Waals surface area contributed by atoms with Crippen molar-refractivity contribution in [2.75, 3.05) is 18.5 Å². The number of nitrogens with one attached hydrogen (secondary N) is 1. The van der Waals surface area contributed by atoms with E-state index < -0.39 is 0 Å². The number of aliphatic hydroxyl groups is 1. The number of nitriles is 1. The number of aromatic nitrogens is 1. The van der Waals surface area contributed by atoms with Crippen molar-refractivity contribution in [3.63, 3.8) is 0 Å². The van der Waals surface area contributed by atoms with Crippen LogP contribution in [0.5, 0.6) is 0 Å². The molecule has 0 aromatic carbocycles. The van der Waals surface area contributed by atoms with Gasteiger partial charge in [-0.2, -0.15) is 9.64 Å². The molecule has 0 aliphatic heterocycles. The Morgan fingerprint density at radius 3 is 2.89 bits per heavy atom. The number of aliphatic hydroxyl groups excluding tert-OH is 1. The van der Waals surface area contributed by atoms with Gasteiger partial charge in [0.15, 0.2) is 5.15 Å². The second-order valence-electron chi connectivity index (χ2n) is 5.27. The second-order valence-corrected chi connectivity index (χ2v) is 6.40. The van der Waals surface area contributed by atoms with E-state index in [0.29, 0.717) is 11.5 Å². The predicted molar refractivity (Wildman–Crippen MR) is 77.5 cm³/mol. The van der Waals surface area contributed by atoms with Crippen LogP contribution in [0.25, 0.3) is 0 Å². The predicted octanol–water partition coefficient (Wildman–Crippen LogP) is 3.27. The first-order valence-corrected chi connectivity index (χ1v) is 7.68. The van der Waals surface area contributed by atoms with Crippen LogP contribution in [0.3, 0.4) is 0 Å². The highest BCUT2D eigenvalue weighted by molar-refractivity contribution is 7.10. The lowest BCUT2D eigenvalue weighted by Gasteiger charge is -2.47. The minimum Gasteiger partial charge on any atom is -0.396 e. The van der Waals surface area contributed by atoms with Crippen LogP contribution in [0.1, 0.15) is 38.2 Å². The van der Waals surface area contributed by atoms with Crippen molar-refractivity contribution in [2.24, 2.45) is 11.3 Å². The summed E-state index contributed by atoms with van der Waals surface area (Å²) < 4.78 is 4.00. The lowest BCUT2D eigenvalue weighted by atomic mass is 9.60. The second kappa shape index (κ2) is 6.08. The first-order chi connectivity index (χ1) is 9.13. The molecule has 104 valence electrons. The summed E-state index contributed by atoms with van der Waals surface area (Å²) >= 11 is 7.10. The van der Waals surface area contributed by atoms with E-state index >= 15 is 0 Å². The SMILES string of the molecule is C[C@@H](CCO)C1(CNc2snc(Cl)c2C#N)CCC1. The fourth-order valence-corrected chi connectivity index (χ4v) is 3.65. The summed E-state index contributed by atoms with van der Waals surface area (Å²) in [5, 5.41) is 22.5. The van der Waals surface area contributed by atoms with Crippen molar-refractivity contribution in [1.82, 2.24) is 4.37 Å². The summed E-state index contributed by atoms with van der Waals surface area (Å²) in [6, 6.07) is 2.08. The zero-order chi connectivity index (χ0) is 13.9. The van der Waals surface area contributed by atoms with Crippen molar-refractivity contribution in [1.29, 1.82) is 5.26 Å². The van der Waals surface area contributed by atoms with Crippen LogP contribution in [0.2, 0.25) is 5.15 Å². The van der Waals surface area contributed by atoms with Gasteiger partial charge in [0.05, 0.1) is 0 Å². The fraction of sp³-hybridized carbons (Fsp3) is 0.692. The third-order valence-corrected chi connectivity index (χ3v) is 5.50. The number of halogens is 1. The molecular formula is C13H18ClN3OS. The van der Waals surface area contributed by atoms with Gasteiger partial charge in [-0.1, -0.05) is 24.9 Å². The molecule has 1 aromatic rings. The van der Waals surface area contributed by atoms with Crippen molar-refractivity contribution in [2.45, 2.75) is 32.6 Å². The van der Waals surface area contributed by atoms with E-state index in [1.807, 2.05) is 0 Å². The van der Waals surface area contributed by atoms with Gasteiger partial charge in [0.25, 0.3) is 0 Å². The monoisotopic (exact) mass is 299 g/mol. The Bertz CT molecular complexity index is 479. The van der Waals surface area contributed by atoms with E-state index in [2.05, 4.69) is 22.7 Å². The highest BCUT2D eigenvalue weighted by Crippen LogP contribution is 2.48. The molecule has 6 heteroatoms. The number of rotatable bonds is 6. The molecule has 0 bridgehead atoms. The average molecular weight is 300 g/mol. The van der Waals surface area contributed by atoms with Crippen molar-refractivity contribution < 1.29 is 5.11 Å². The van der Waals surface area contributed by atoms with Gasteiger partial charge in [0.1, 0.15) is 16.6 Å². The summed E-state index contributed by atoms with van der Waals surface area (Å²) in [6.07, 6.45) is 4.42. The van der Waals surface area contributed by atoms with Crippen molar-refractivity contribution in [3.05, 3.63) is 10.7 Å². The molecule has 1 aliphatic carbocycles. The molecular weight excluding hydrogens is 282 g/mol. The molecule has 0 radical (unpaired) electrons. The lowest BCUT2D eigenvalue weighted by Crippen LogP contribution is -2.42. The largest absolute Gasteiger partial charge is 0.396 e. The first kappa shape index (κ1) is 14.6. The van der Waals surface area contributed by atoms with Gasteiger partial charge < -0.3 is 10.4 Å². The molecule has 0 amide bonds. The zero-order valence-electron chi connectivity index (χ0n) is 10.9. The van der Waals surface area contributed by atoms with Gasteiger partial charge >= 0.3 is 0 Å². The first-order valence-electron chi connectivity index (χ1n) is 6.53. The molecule has 1 heterocycles. The molecule has 4 nitrogen and oxygen atoms in total. The van der Waals surface area contributed by atoms with Gasteiger partial charge in [0.2, 0.25) is 0 Å². The van der Waals surface area contributed by atoms with Crippen LogP contribution in [0.15, 0.2) is 0 Å². The van der Waals surface area contributed by atoms with E-state index in [9.17, 15) is 0 Å². The van der Waals surface area contributed by atoms with Crippen LogP contribution in [-0.2, 0) is 0 Å². The van der Waals surface area contributed by atoms with E-state index in [0.717, 1.165) is 18.0 Å². The van der Waals surface area contributed by atoms with Crippen LogP contribution in [0.4, 0.5) is 5.00 Å². The Hall–Kier alpha value is -0.830. The van der Waals surface area contributed by atoms with E-state index in [1.54, 1.807) is 0 Å². The maximum atomic E-state index is 9.10. The molecule has 0 saturated heterocycles. The fourth-order valence-electron chi connectivity index (χ4n) is 2.72. The molecule has 1 saturated carbocycles. The summed E-state index contributed by atoms with van der Waals surface area (Å²) in [5.74, 6) is 0.479. The Labute approximate surface area is 122 Å². The molecule has 2 N–H and O–H groups in total. The summed E-state index contributed by atoms with van der Waals surface area (Å²) in [6.45, 7) is 3.25. The maximum absolute atomic E-state index is 9.10. The lowest BCUT2D eigenvalue weighted by molar-refractivity contribution is 0.0574. The minimum absolute atomic E-state index is 0.235. The third-order valence-electron chi connectivity index (χ3n) is 4.32. The van der Waals surface area contributed by atoms with Crippen LogP contribution >= 0.6 is 23.1 Å². The maximum Gasteiger partial charge on any atom is 0.162 e. The molecule has 1 aliphatic rings. The minimum atomic E-state index is 0.235. The summed E-state index contributed by atoms with van der Waals surface area (Å²) in [7, 11) is 0. The van der Waals surface area contributed by atoms with Crippen molar-refractivity contribution in [3.8, 4) is 6.07 Å². The molecule has 2 rings (SSSR count). The Kier molecular flexibility index (Phi) is 4.67. The van der Waals surface area contributed by atoms with Crippen LogP contribution in [-0.4, -0.2) is 22.6 Å². The summed E-state index contributed by atoms with van der Waals surface area (Å²) in [5.41, 5.74) is 0.683. The summed E-state index contributed by atoms with van der Waals surface area (Å²) in [4.78, 5) is 0. The van der Waals surface area contributed by atoms with Crippen LogP contribution < -0.4 is 5.32 Å². The molecule has 1 fully saturated rings. The van der Waals surface area contributed by atoms with E-state index in [4.69, 9.17) is 22.0 Å². The Balaban J connectivity index is 2.02. The Morgan fingerprint density at radius 1 is 1.63 bits per heavy atom. The third kappa shape index (κ3) is 2.86. The Morgan fingerprint density at radius 2 is 2.37 bits per heavy atom. The number of hydrogen-bond acceptors (Lipinski definition) is 5. The smallest absolute Gasteiger partial charge is 0.162 e. The topological polar surface area (TPSA) is 68.9 Å².